The van der Waals surface area contributed by atoms with E-state index in [-0.39, 0.29) is 49.6 Å². The quantitative estimate of drug-likeness (QED) is 0.0385. The predicted octanol–water partition coefficient (Wildman–Crippen LogP) is 4.40. The van der Waals surface area contributed by atoms with Crippen LogP contribution in [0.3, 0.4) is 0 Å². The fourth-order valence-electron chi connectivity index (χ4n) is 10.6. The van der Waals surface area contributed by atoms with Crippen LogP contribution < -0.4 is 31.9 Å². The van der Waals surface area contributed by atoms with Crippen molar-refractivity contribution in [2.75, 3.05) is 53.8 Å². The summed E-state index contributed by atoms with van der Waals surface area (Å²) in [6.07, 6.45) is 0.400. The smallest absolute Gasteiger partial charge is 0.410 e. The van der Waals surface area contributed by atoms with Crippen LogP contribution in [0.15, 0.2) is 66.7 Å². The molecule has 484 valence electrons. The van der Waals surface area contributed by atoms with Gasteiger partial charge < -0.3 is 65.8 Å². The average Bonchev–Trinajstić information content (AvgIpc) is 2.65. The molecule has 0 spiro atoms. The second-order valence-corrected chi connectivity index (χ2v) is 23.4. The van der Waals surface area contributed by atoms with Gasteiger partial charge in [0.25, 0.3) is 0 Å². The number of esters is 1. The fraction of sp³-hybridized carbons (Fsp3) is 0.619. The number of likely N-dealkylation sites (N-methyl/N-ethyl adjacent to an activating group) is 2. The van der Waals surface area contributed by atoms with E-state index in [2.05, 4.69) is 36.6 Å². The summed E-state index contributed by atoms with van der Waals surface area (Å²) in [5, 5.41) is 27.2. The van der Waals surface area contributed by atoms with Gasteiger partial charge in [-0.2, -0.15) is 0 Å². The number of hydrogen-bond donors (Lipinski definition) is 7. The van der Waals surface area contributed by atoms with Crippen molar-refractivity contribution in [2.45, 2.75) is 175 Å². The van der Waals surface area contributed by atoms with Gasteiger partial charge in [-0.25, -0.2) is 9.59 Å². The first kappa shape index (κ1) is 73.8. The Kier molecular flexibility index (Phi) is 30.6. The molecule has 1 saturated heterocycles. The zero-order valence-corrected chi connectivity index (χ0v) is 53.7. The SMILES string of the molecule is CC[C@H](C)[C@@H]([C@@H](CC(=O)N1CCC[C@H]1[C@H](OC)[C@@H](C)C(=O)N[C@H](C)[C@@H](O)c1ccccc1)OC)N(C)C(=O)[C@@H](NC(=O)[C@H](C(C)C)N(C)C(=O)OCc1ccc(NC(=O)[C@H](C)NC(=O)[C@@H](NC(=O)CCNC(=O)/C=C\C(=O)OC)C(C)C)cc1)C(C)C. The summed E-state index contributed by atoms with van der Waals surface area (Å²) in [4.78, 5) is 137. The molecule has 0 radical (unpaired) electrons. The van der Waals surface area contributed by atoms with Crippen molar-refractivity contribution in [3.63, 3.8) is 0 Å². The lowest BCUT2D eigenvalue weighted by atomic mass is 9.89. The van der Waals surface area contributed by atoms with E-state index in [1.54, 1.807) is 109 Å². The van der Waals surface area contributed by atoms with Gasteiger partial charge in [-0.15, -0.1) is 0 Å². The van der Waals surface area contributed by atoms with E-state index in [4.69, 9.17) is 14.2 Å². The van der Waals surface area contributed by atoms with Crippen molar-refractivity contribution in [1.82, 2.24) is 41.3 Å². The lowest BCUT2D eigenvalue weighted by Crippen LogP contribution is -2.60. The van der Waals surface area contributed by atoms with E-state index in [1.165, 1.54) is 40.2 Å². The predicted molar refractivity (Wildman–Crippen MR) is 327 cm³/mol. The number of hydrogen-bond acceptors (Lipinski definition) is 15. The van der Waals surface area contributed by atoms with Gasteiger partial charge in [-0.1, -0.05) is 111 Å². The standard InChI is InChI=1S/C63H97N9O15/c1-17-39(8)55(47(84-14)34-50(75)72-33-21-24-46(72)57(86-16)40(9)58(78)65-41(10)56(77)44-22-19-18-20-23-44)70(12)62(82)53(37(4)5)69-61(81)54(38(6)7)71(13)63(83)87-35-43-25-27-45(28-26-43)67-59(79)42(11)66-60(80)52(36(2)3)68-49(74)31-32-64-48(73)29-30-51(76)85-15/h18-20,22-23,25-30,36-42,46-47,52-57,77H,17,21,24,31-35H2,1-16H3,(H,64,73)(H,65,78)(H,66,80)(H,67,79)(H,68,74)(H,69,81)/b30-29-/t39-,40+,41+,42-,46-,47+,52-,53-,54-,55-,56+,57+/m0/s1. The highest BCUT2D eigenvalue weighted by Gasteiger charge is 2.44. The van der Waals surface area contributed by atoms with Gasteiger partial charge in [0.05, 0.1) is 55.9 Å². The maximum Gasteiger partial charge on any atom is 0.410 e. The molecule has 0 bridgehead atoms. The number of nitrogens with zero attached hydrogens (tertiary/aromatic N) is 3. The average molecular weight is 1220 g/mol. The Morgan fingerprint density at radius 1 is 0.713 bits per heavy atom. The summed E-state index contributed by atoms with van der Waals surface area (Å²) in [5.74, 6) is -6.60. The highest BCUT2D eigenvalue weighted by molar-refractivity contribution is 5.98. The summed E-state index contributed by atoms with van der Waals surface area (Å²) in [6.45, 7) is 19.7. The van der Waals surface area contributed by atoms with Gasteiger partial charge in [-0.3, -0.25) is 43.3 Å². The summed E-state index contributed by atoms with van der Waals surface area (Å²) in [5.41, 5.74) is 1.59. The van der Waals surface area contributed by atoms with Crippen molar-refractivity contribution in [1.29, 1.82) is 0 Å². The number of benzene rings is 2. The van der Waals surface area contributed by atoms with Gasteiger partial charge in [0, 0.05) is 65.7 Å². The normalized spacial score (nSPS) is 17.1. The molecule has 1 aliphatic rings. The number of aliphatic hydroxyl groups is 1. The first-order chi connectivity index (χ1) is 41.0. The molecule has 87 heavy (non-hydrogen) atoms. The number of nitrogens with one attached hydrogen (secondary N) is 6. The number of likely N-dealkylation sites (tertiary alicyclic amines) is 1. The molecule has 0 saturated carbocycles. The van der Waals surface area contributed by atoms with Crippen LogP contribution in [-0.2, 0) is 68.7 Å². The summed E-state index contributed by atoms with van der Waals surface area (Å²) in [6, 6.07) is 9.69. The molecule has 1 fully saturated rings. The van der Waals surface area contributed by atoms with Crippen molar-refractivity contribution < 1.29 is 72.0 Å². The summed E-state index contributed by atoms with van der Waals surface area (Å²) >= 11 is 0. The van der Waals surface area contributed by atoms with E-state index >= 15 is 0 Å². The molecule has 24 heteroatoms. The lowest BCUT2D eigenvalue weighted by Gasteiger charge is -2.41. The number of carbonyl (C=O) groups excluding carboxylic acids is 10. The molecule has 12 atom stereocenters. The third-order valence-electron chi connectivity index (χ3n) is 15.9. The molecule has 2 aromatic carbocycles. The second-order valence-electron chi connectivity index (χ2n) is 23.4. The highest BCUT2D eigenvalue weighted by Crippen LogP contribution is 2.30. The van der Waals surface area contributed by atoms with Crippen molar-refractivity contribution in [3.05, 3.63) is 77.9 Å². The lowest BCUT2D eigenvalue weighted by molar-refractivity contribution is -0.148. The molecule has 24 nitrogen and oxygen atoms in total. The topological polar surface area (TPSA) is 310 Å². The number of amides is 9. The second kappa shape index (κ2) is 36.0. The Balaban J connectivity index is 1.63. The Hall–Kier alpha value is -7.44. The van der Waals surface area contributed by atoms with Gasteiger partial charge in [-0.05, 0) is 73.6 Å². The van der Waals surface area contributed by atoms with Crippen LogP contribution in [0.2, 0.25) is 0 Å². The molecular formula is C63H97N9O15. The number of ether oxygens (including phenoxy) is 4. The number of rotatable bonds is 33. The molecule has 0 unspecified atom stereocenters. The highest BCUT2D eigenvalue weighted by atomic mass is 16.6. The van der Waals surface area contributed by atoms with Crippen molar-refractivity contribution in [2.24, 2.45) is 29.6 Å². The third kappa shape index (κ3) is 22.0. The fourth-order valence-corrected chi connectivity index (χ4v) is 10.6. The first-order valence-electron chi connectivity index (χ1n) is 29.9. The van der Waals surface area contributed by atoms with Gasteiger partial charge in [0.15, 0.2) is 0 Å². The molecule has 0 aromatic heterocycles. The molecule has 3 rings (SSSR count). The third-order valence-corrected chi connectivity index (χ3v) is 15.9. The van der Waals surface area contributed by atoms with Crippen LogP contribution in [0.25, 0.3) is 0 Å². The monoisotopic (exact) mass is 1220 g/mol. The van der Waals surface area contributed by atoms with E-state index < -0.39 is 126 Å². The Bertz CT molecular complexity index is 2640. The first-order valence-corrected chi connectivity index (χ1v) is 29.9. The maximum atomic E-state index is 14.7. The van der Waals surface area contributed by atoms with E-state index in [9.17, 15) is 53.1 Å². The Labute approximate surface area is 513 Å². The molecular weight excluding hydrogens is 1120 g/mol. The minimum Gasteiger partial charge on any atom is -0.466 e. The minimum absolute atomic E-state index is 0.0680. The van der Waals surface area contributed by atoms with E-state index in [0.29, 0.717) is 42.6 Å². The number of carbonyl (C=O) groups is 10. The molecule has 1 heterocycles. The minimum atomic E-state index is -1.07. The van der Waals surface area contributed by atoms with Crippen LogP contribution in [0, 0.1) is 29.6 Å². The Morgan fingerprint density at radius 3 is 1.91 bits per heavy atom. The number of methoxy groups -OCH3 is 3. The zero-order chi connectivity index (χ0) is 65.4. The van der Waals surface area contributed by atoms with Crippen LogP contribution in [-0.4, -0.2) is 182 Å². The molecule has 1 aliphatic heterocycles. The summed E-state index contributed by atoms with van der Waals surface area (Å²) in [7, 11) is 7.26. The van der Waals surface area contributed by atoms with Crippen LogP contribution in [0.1, 0.15) is 125 Å². The van der Waals surface area contributed by atoms with Crippen molar-refractivity contribution >= 4 is 65.0 Å². The van der Waals surface area contributed by atoms with Crippen LogP contribution in [0.5, 0.6) is 0 Å². The molecule has 0 aliphatic carbocycles. The van der Waals surface area contributed by atoms with Crippen LogP contribution >= 0.6 is 0 Å². The summed E-state index contributed by atoms with van der Waals surface area (Å²) < 4.78 is 22.1. The largest absolute Gasteiger partial charge is 0.466 e. The zero-order valence-electron chi connectivity index (χ0n) is 53.7. The Morgan fingerprint density at radius 2 is 1.34 bits per heavy atom. The van der Waals surface area contributed by atoms with Crippen molar-refractivity contribution in [3.8, 4) is 0 Å². The van der Waals surface area contributed by atoms with Gasteiger partial charge >= 0.3 is 12.1 Å². The molecule has 2 aromatic rings. The van der Waals surface area contributed by atoms with E-state index in [0.717, 1.165) is 12.2 Å². The van der Waals surface area contributed by atoms with Gasteiger partial charge in [0.2, 0.25) is 47.3 Å². The van der Waals surface area contributed by atoms with E-state index in [1.807, 2.05) is 32.0 Å². The van der Waals surface area contributed by atoms with Gasteiger partial charge in [0.1, 0.15) is 30.8 Å². The maximum absolute atomic E-state index is 14.7. The van der Waals surface area contributed by atoms with Crippen LogP contribution in [0.4, 0.5) is 10.5 Å². The number of aliphatic hydroxyl groups excluding tert-OH is 1. The number of anilines is 1. The molecule has 7 N–H and O–H groups in total. The molecule has 9 amide bonds.